The molecule has 0 aromatic heterocycles. The molecule has 20 heavy (non-hydrogen) atoms. The van der Waals surface area contributed by atoms with Crippen LogP contribution in [0.25, 0.3) is 0 Å². The SMILES string of the molecule is CCc1ccc(OCc2ccccc2)cc1.O=[P+](O)O. The second-order valence-electron chi connectivity index (χ2n) is 4.02. The van der Waals surface area contributed by atoms with Gasteiger partial charge in [0.1, 0.15) is 12.4 Å². The maximum atomic E-state index is 8.70. The molecule has 0 fully saturated rings. The molecule has 2 N–H and O–H groups in total. The average molecular weight is 293 g/mol. The Labute approximate surface area is 119 Å². The highest BCUT2D eigenvalue weighted by molar-refractivity contribution is 7.30. The lowest BCUT2D eigenvalue weighted by atomic mass is 10.2. The number of hydrogen-bond acceptors (Lipinski definition) is 2. The molecular weight excluding hydrogens is 275 g/mol. The molecule has 0 radical (unpaired) electrons. The summed E-state index contributed by atoms with van der Waals surface area (Å²) in [5, 5.41) is 0. The molecule has 0 atom stereocenters. The van der Waals surface area contributed by atoms with Crippen LogP contribution in [-0.4, -0.2) is 9.79 Å². The molecular formula is C15H18O4P+. The van der Waals surface area contributed by atoms with Crippen molar-refractivity contribution in [1.29, 1.82) is 0 Å². The van der Waals surface area contributed by atoms with Crippen molar-refractivity contribution < 1.29 is 19.1 Å². The van der Waals surface area contributed by atoms with Gasteiger partial charge in [0, 0.05) is 4.57 Å². The van der Waals surface area contributed by atoms with Gasteiger partial charge < -0.3 is 4.74 Å². The van der Waals surface area contributed by atoms with Crippen molar-refractivity contribution in [1.82, 2.24) is 0 Å². The molecule has 0 saturated heterocycles. The zero-order valence-electron chi connectivity index (χ0n) is 11.3. The van der Waals surface area contributed by atoms with Crippen LogP contribution < -0.4 is 4.74 Å². The third-order valence-corrected chi connectivity index (χ3v) is 2.58. The van der Waals surface area contributed by atoms with Gasteiger partial charge in [0.2, 0.25) is 0 Å². The molecule has 0 aliphatic heterocycles. The second-order valence-corrected chi connectivity index (χ2v) is 4.53. The second kappa shape index (κ2) is 9.21. The van der Waals surface area contributed by atoms with Crippen LogP contribution in [0, 0.1) is 0 Å². The van der Waals surface area contributed by atoms with Crippen LogP contribution in [0.2, 0.25) is 0 Å². The van der Waals surface area contributed by atoms with E-state index in [4.69, 9.17) is 19.1 Å². The van der Waals surface area contributed by atoms with Crippen LogP contribution in [-0.2, 0) is 17.6 Å². The van der Waals surface area contributed by atoms with Crippen molar-refractivity contribution >= 4 is 8.25 Å². The largest absolute Gasteiger partial charge is 0.692 e. The van der Waals surface area contributed by atoms with Gasteiger partial charge in [-0.1, -0.05) is 49.4 Å². The predicted molar refractivity (Wildman–Crippen MR) is 78.6 cm³/mol. The van der Waals surface area contributed by atoms with E-state index in [0.717, 1.165) is 12.2 Å². The minimum Gasteiger partial charge on any atom is -0.489 e. The molecule has 0 amide bonds. The zero-order valence-corrected chi connectivity index (χ0v) is 12.2. The summed E-state index contributed by atoms with van der Waals surface area (Å²) in [4.78, 5) is 14.2. The fourth-order valence-corrected chi connectivity index (χ4v) is 1.56. The van der Waals surface area contributed by atoms with Gasteiger partial charge in [-0.15, -0.1) is 9.79 Å². The lowest BCUT2D eigenvalue weighted by Crippen LogP contribution is -1.94. The molecule has 0 bridgehead atoms. The normalized spacial score (nSPS) is 9.35. The Hall–Kier alpha value is -1.74. The number of benzene rings is 2. The first-order valence-corrected chi connectivity index (χ1v) is 7.39. The first-order chi connectivity index (χ1) is 9.61. The van der Waals surface area contributed by atoms with Gasteiger partial charge in [-0.3, -0.25) is 0 Å². The molecule has 2 rings (SSSR count). The quantitative estimate of drug-likeness (QED) is 0.847. The Morgan fingerprint density at radius 3 is 2.00 bits per heavy atom. The summed E-state index contributed by atoms with van der Waals surface area (Å²) in [5.74, 6) is 0.932. The van der Waals surface area contributed by atoms with Crippen LogP contribution in [0.5, 0.6) is 5.75 Å². The van der Waals surface area contributed by atoms with Gasteiger partial charge >= 0.3 is 8.25 Å². The van der Waals surface area contributed by atoms with Crippen molar-refractivity contribution in [3.05, 3.63) is 65.7 Å². The number of aryl methyl sites for hydroxylation is 1. The highest BCUT2D eigenvalue weighted by atomic mass is 31.1. The summed E-state index contributed by atoms with van der Waals surface area (Å²) in [7, 11) is -2.87. The Balaban J connectivity index is 0.000000444. The fourth-order valence-electron chi connectivity index (χ4n) is 1.56. The topological polar surface area (TPSA) is 66.8 Å². The van der Waals surface area contributed by atoms with E-state index >= 15 is 0 Å². The standard InChI is InChI=1S/C15H16O.HO3P/c1-2-13-8-10-15(11-9-13)16-12-14-6-4-3-5-7-14;1-4(2)3/h3-11H,2,12H2,1H3;(H-,1,2,3)/p+1. The van der Waals surface area contributed by atoms with Gasteiger partial charge in [-0.25, -0.2) is 0 Å². The fraction of sp³-hybridized carbons (Fsp3) is 0.200. The van der Waals surface area contributed by atoms with E-state index in [-0.39, 0.29) is 0 Å². The van der Waals surface area contributed by atoms with Crippen LogP contribution in [0.3, 0.4) is 0 Å². The summed E-state index contributed by atoms with van der Waals surface area (Å²) in [6.45, 7) is 2.78. The van der Waals surface area contributed by atoms with E-state index in [0.29, 0.717) is 6.61 Å². The van der Waals surface area contributed by atoms with E-state index in [1.807, 2.05) is 30.3 Å². The molecule has 4 nitrogen and oxygen atoms in total. The van der Waals surface area contributed by atoms with E-state index in [1.54, 1.807) is 0 Å². The third kappa shape index (κ3) is 7.00. The monoisotopic (exact) mass is 293 g/mol. The van der Waals surface area contributed by atoms with Gasteiger partial charge in [0.05, 0.1) is 0 Å². The Morgan fingerprint density at radius 1 is 0.950 bits per heavy atom. The van der Waals surface area contributed by atoms with Gasteiger partial charge in [-0.05, 0) is 29.7 Å². The summed E-state index contributed by atoms with van der Waals surface area (Å²) in [5.41, 5.74) is 2.54. The van der Waals surface area contributed by atoms with Crippen molar-refractivity contribution in [2.24, 2.45) is 0 Å². The van der Waals surface area contributed by atoms with Crippen molar-refractivity contribution in [3.8, 4) is 5.75 Å². The molecule has 0 aliphatic rings. The summed E-state index contributed by atoms with van der Waals surface area (Å²) >= 11 is 0. The minimum absolute atomic E-state index is 0.631. The Morgan fingerprint density at radius 2 is 1.50 bits per heavy atom. The van der Waals surface area contributed by atoms with Gasteiger partial charge in [-0.2, -0.15) is 0 Å². The molecule has 106 valence electrons. The maximum Gasteiger partial charge on any atom is 0.692 e. The molecule has 0 unspecified atom stereocenters. The van der Waals surface area contributed by atoms with E-state index in [9.17, 15) is 0 Å². The zero-order chi connectivity index (χ0) is 14.8. The van der Waals surface area contributed by atoms with Crippen LogP contribution in [0.4, 0.5) is 0 Å². The van der Waals surface area contributed by atoms with Crippen LogP contribution in [0.15, 0.2) is 54.6 Å². The first kappa shape index (κ1) is 16.3. The molecule has 0 aliphatic carbocycles. The average Bonchev–Trinajstić information content (AvgIpc) is 2.46. The molecule has 0 heterocycles. The maximum absolute atomic E-state index is 8.70. The lowest BCUT2D eigenvalue weighted by molar-refractivity contribution is 0.306. The highest BCUT2D eigenvalue weighted by Gasteiger charge is 1.95. The molecule has 5 heteroatoms. The predicted octanol–water partition coefficient (Wildman–Crippen LogP) is 3.46. The Kier molecular flexibility index (Phi) is 7.51. The highest BCUT2D eigenvalue weighted by Crippen LogP contribution is 2.14. The van der Waals surface area contributed by atoms with Gasteiger partial charge in [0.25, 0.3) is 0 Å². The molecule has 0 spiro atoms. The smallest absolute Gasteiger partial charge is 0.489 e. The number of rotatable bonds is 4. The first-order valence-electron chi connectivity index (χ1n) is 6.22. The van der Waals surface area contributed by atoms with Crippen molar-refractivity contribution in [2.45, 2.75) is 20.0 Å². The van der Waals surface area contributed by atoms with Crippen LogP contribution in [0.1, 0.15) is 18.1 Å². The lowest BCUT2D eigenvalue weighted by Gasteiger charge is -2.06. The molecule has 2 aromatic rings. The Bertz CT molecular complexity index is 507. The summed E-state index contributed by atoms with van der Waals surface area (Å²) in [6, 6.07) is 18.5. The van der Waals surface area contributed by atoms with E-state index in [2.05, 4.69) is 31.2 Å². The van der Waals surface area contributed by atoms with Gasteiger partial charge in [0.15, 0.2) is 0 Å². The molecule has 2 aromatic carbocycles. The minimum atomic E-state index is -2.87. The summed E-state index contributed by atoms with van der Waals surface area (Å²) in [6.07, 6.45) is 1.07. The third-order valence-electron chi connectivity index (χ3n) is 2.58. The van der Waals surface area contributed by atoms with Crippen LogP contribution >= 0.6 is 8.25 Å². The van der Waals surface area contributed by atoms with Crippen molar-refractivity contribution in [2.75, 3.05) is 0 Å². The summed E-state index contributed by atoms with van der Waals surface area (Å²) < 4.78 is 14.4. The van der Waals surface area contributed by atoms with E-state index in [1.165, 1.54) is 11.1 Å². The molecule has 0 saturated carbocycles. The number of hydrogen-bond donors (Lipinski definition) is 2. The van der Waals surface area contributed by atoms with E-state index < -0.39 is 8.25 Å². The number of ether oxygens (including phenoxy) is 1. The van der Waals surface area contributed by atoms with Crippen molar-refractivity contribution in [3.63, 3.8) is 0 Å².